The second-order valence-electron chi connectivity index (χ2n) is 7.01. The first-order valence-corrected chi connectivity index (χ1v) is 11.6. The summed E-state index contributed by atoms with van der Waals surface area (Å²) < 4.78 is 11.3. The molecular weight excluding hydrogens is 296 g/mol. The minimum Gasteiger partial charge on any atom is -0.420 e. The van der Waals surface area contributed by atoms with Gasteiger partial charge >= 0.3 is 0 Å². The first-order valence-electron chi connectivity index (χ1n) is 8.81. The molecule has 0 aromatic heterocycles. The van der Waals surface area contributed by atoms with Crippen LogP contribution in [0.4, 0.5) is 0 Å². The Morgan fingerprint density at radius 1 is 1.09 bits per heavy atom. The van der Waals surface area contributed by atoms with Crippen LogP contribution < -0.4 is 0 Å². The lowest BCUT2D eigenvalue weighted by atomic mass is 10.0. The van der Waals surface area contributed by atoms with Crippen molar-refractivity contribution in [2.45, 2.75) is 89.6 Å². The maximum atomic E-state index is 9.89. The van der Waals surface area contributed by atoms with Gasteiger partial charge in [0.25, 0.3) is 0 Å². The van der Waals surface area contributed by atoms with Gasteiger partial charge in [0.05, 0.1) is 12.7 Å². The summed E-state index contributed by atoms with van der Waals surface area (Å²) >= 11 is 0. The fraction of sp³-hybridized carbons (Fsp3) is 1.00. The van der Waals surface area contributed by atoms with Gasteiger partial charge in [-0.1, -0.05) is 39.0 Å². The summed E-state index contributed by atoms with van der Waals surface area (Å²) in [6, 6.07) is 2.31. The van der Waals surface area contributed by atoms with Crippen LogP contribution in [0.2, 0.25) is 18.6 Å². The summed E-state index contributed by atoms with van der Waals surface area (Å²) in [5, 5.41) is 19.3. The molecular formula is C17H38O4Si. The zero-order chi connectivity index (χ0) is 17.1. The third-order valence-corrected chi connectivity index (χ3v) is 8.40. The third kappa shape index (κ3) is 9.95. The monoisotopic (exact) mass is 334 g/mol. The van der Waals surface area contributed by atoms with Gasteiger partial charge in [-0.3, -0.25) is 0 Å². The topological polar surface area (TPSA) is 58.9 Å². The Morgan fingerprint density at radius 2 is 1.68 bits per heavy atom. The first kappa shape index (κ1) is 22.1. The van der Waals surface area contributed by atoms with Crippen LogP contribution in [-0.4, -0.2) is 50.6 Å². The van der Waals surface area contributed by atoms with E-state index in [4.69, 9.17) is 9.16 Å². The summed E-state index contributed by atoms with van der Waals surface area (Å²) in [7, 11) is 0.251. The lowest BCUT2D eigenvalue weighted by Crippen LogP contribution is -2.42. The standard InChI is InChI=1S/C17H38O4Si/c1-6-7-8-9-10-13-22(5,20-4)14-11-12-21-15-17(3,19)16(2)18/h16,18-19H,6-15H2,1-5H3. The molecule has 3 atom stereocenters. The van der Waals surface area contributed by atoms with Crippen molar-refractivity contribution < 1.29 is 19.4 Å². The van der Waals surface area contributed by atoms with Gasteiger partial charge in [-0.25, -0.2) is 0 Å². The van der Waals surface area contributed by atoms with Crippen molar-refractivity contribution in [2.24, 2.45) is 0 Å². The summed E-state index contributed by atoms with van der Waals surface area (Å²) in [6.45, 7) is 8.51. The summed E-state index contributed by atoms with van der Waals surface area (Å²) in [6.07, 6.45) is 6.72. The minimum atomic E-state index is -1.59. The molecule has 0 saturated carbocycles. The van der Waals surface area contributed by atoms with Crippen LogP contribution in [0.3, 0.4) is 0 Å². The second kappa shape index (κ2) is 11.6. The van der Waals surface area contributed by atoms with Crippen molar-refractivity contribution in [1.82, 2.24) is 0 Å². The van der Waals surface area contributed by atoms with Crippen molar-refractivity contribution in [3.63, 3.8) is 0 Å². The fourth-order valence-electron chi connectivity index (χ4n) is 2.38. The lowest BCUT2D eigenvalue weighted by Gasteiger charge is -2.27. The van der Waals surface area contributed by atoms with E-state index in [2.05, 4.69) is 13.5 Å². The first-order chi connectivity index (χ1) is 10.3. The van der Waals surface area contributed by atoms with Gasteiger partial charge in [0.1, 0.15) is 5.60 Å². The molecule has 3 unspecified atom stereocenters. The molecule has 0 aromatic carbocycles. The SMILES string of the molecule is CCCCCCC[Si](C)(CCCOCC(C)(O)C(C)O)OC. The van der Waals surface area contributed by atoms with Crippen molar-refractivity contribution in [3.8, 4) is 0 Å². The van der Waals surface area contributed by atoms with Crippen molar-refractivity contribution in [3.05, 3.63) is 0 Å². The summed E-state index contributed by atoms with van der Waals surface area (Å²) in [5.74, 6) is 0. The van der Waals surface area contributed by atoms with Crippen molar-refractivity contribution in [1.29, 1.82) is 0 Å². The molecule has 0 rings (SSSR count). The van der Waals surface area contributed by atoms with E-state index in [1.807, 2.05) is 7.11 Å². The Labute approximate surface area is 138 Å². The highest BCUT2D eigenvalue weighted by atomic mass is 28.4. The molecule has 0 aromatic rings. The Balaban J connectivity index is 3.84. The van der Waals surface area contributed by atoms with Gasteiger partial charge in [-0.2, -0.15) is 0 Å². The quantitative estimate of drug-likeness (QED) is 0.375. The van der Waals surface area contributed by atoms with Crippen LogP contribution >= 0.6 is 0 Å². The number of hydrogen-bond donors (Lipinski definition) is 2. The molecule has 0 heterocycles. The van der Waals surface area contributed by atoms with Crippen LogP contribution in [0.25, 0.3) is 0 Å². The molecule has 0 bridgehead atoms. The number of unbranched alkanes of at least 4 members (excludes halogenated alkanes) is 4. The highest BCUT2D eigenvalue weighted by Gasteiger charge is 2.28. The number of ether oxygens (including phenoxy) is 1. The molecule has 0 radical (unpaired) electrons. The number of rotatable bonds is 14. The summed E-state index contributed by atoms with van der Waals surface area (Å²) in [4.78, 5) is 0. The third-order valence-electron chi connectivity index (χ3n) is 4.59. The number of aliphatic hydroxyl groups is 2. The zero-order valence-electron chi connectivity index (χ0n) is 15.4. The minimum absolute atomic E-state index is 0.174. The van der Waals surface area contributed by atoms with Crippen LogP contribution in [0.15, 0.2) is 0 Å². The molecule has 2 N–H and O–H groups in total. The highest BCUT2D eigenvalue weighted by Crippen LogP contribution is 2.22. The highest BCUT2D eigenvalue weighted by molar-refractivity contribution is 6.72. The Hall–Kier alpha value is 0.0569. The maximum Gasteiger partial charge on any atom is 0.189 e. The van der Waals surface area contributed by atoms with Gasteiger partial charge in [0, 0.05) is 13.7 Å². The Bertz CT molecular complexity index is 271. The molecule has 22 heavy (non-hydrogen) atoms. The molecule has 0 aliphatic carbocycles. The molecule has 0 amide bonds. The van der Waals surface area contributed by atoms with Gasteiger partial charge < -0.3 is 19.4 Å². The predicted molar refractivity (Wildman–Crippen MR) is 94.7 cm³/mol. The van der Waals surface area contributed by atoms with E-state index in [0.717, 1.165) is 12.5 Å². The largest absolute Gasteiger partial charge is 0.420 e. The predicted octanol–water partition coefficient (Wildman–Crippen LogP) is 3.72. The van der Waals surface area contributed by atoms with E-state index in [1.54, 1.807) is 13.8 Å². The normalized spacial score (nSPS) is 18.7. The molecule has 0 spiro atoms. The van der Waals surface area contributed by atoms with E-state index in [9.17, 15) is 10.2 Å². The Morgan fingerprint density at radius 3 is 2.23 bits per heavy atom. The van der Waals surface area contributed by atoms with Crippen molar-refractivity contribution >= 4 is 8.32 Å². The smallest absolute Gasteiger partial charge is 0.189 e. The molecule has 134 valence electrons. The van der Waals surface area contributed by atoms with E-state index < -0.39 is 20.0 Å². The van der Waals surface area contributed by atoms with Gasteiger partial charge in [0.2, 0.25) is 0 Å². The van der Waals surface area contributed by atoms with E-state index in [0.29, 0.717) is 6.61 Å². The van der Waals surface area contributed by atoms with Gasteiger partial charge in [-0.15, -0.1) is 0 Å². The van der Waals surface area contributed by atoms with E-state index >= 15 is 0 Å². The zero-order valence-corrected chi connectivity index (χ0v) is 16.4. The van der Waals surface area contributed by atoms with E-state index in [1.165, 1.54) is 38.1 Å². The molecule has 0 fully saturated rings. The van der Waals surface area contributed by atoms with Crippen molar-refractivity contribution in [2.75, 3.05) is 20.3 Å². The van der Waals surface area contributed by atoms with Crippen LogP contribution in [0, 0.1) is 0 Å². The average molecular weight is 335 g/mol. The second-order valence-corrected chi connectivity index (χ2v) is 11.3. The van der Waals surface area contributed by atoms with Gasteiger partial charge in [0.15, 0.2) is 8.32 Å². The van der Waals surface area contributed by atoms with Crippen LogP contribution in [-0.2, 0) is 9.16 Å². The summed E-state index contributed by atoms with van der Waals surface area (Å²) in [5.41, 5.74) is -1.17. The molecule has 0 aliphatic heterocycles. The molecule has 4 nitrogen and oxygen atoms in total. The maximum absolute atomic E-state index is 9.89. The van der Waals surface area contributed by atoms with Crippen LogP contribution in [0.1, 0.15) is 59.3 Å². The van der Waals surface area contributed by atoms with E-state index in [-0.39, 0.29) is 6.61 Å². The molecule has 5 heteroatoms. The molecule has 0 aliphatic rings. The van der Waals surface area contributed by atoms with Gasteiger partial charge in [-0.05, 0) is 38.9 Å². The average Bonchev–Trinajstić information content (AvgIpc) is 2.46. The Kier molecular flexibility index (Phi) is 11.6. The fourth-order valence-corrected chi connectivity index (χ4v) is 4.93. The molecule has 0 saturated heterocycles. The lowest BCUT2D eigenvalue weighted by molar-refractivity contribution is -0.102. The number of aliphatic hydroxyl groups excluding tert-OH is 1. The van der Waals surface area contributed by atoms with Crippen LogP contribution in [0.5, 0.6) is 0 Å². The number of hydrogen-bond acceptors (Lipinski definition) is 4.